The lowest BCUT2D eigenvalue weighted by Gasteiger charge is -2.33. The van der Waals surface area contributed by atoms with Crippen molar-refractivity contribution in [3.63, 3.8) is 0 Å². The van der Waals surface area contributed by atoms with Crippen molar-refractivity contribution >= 4 is 17.5 Å². The van der Waals surface area contributed by atoms with Crippen molar-refractivity contribution in [2.45, 2.75) is 25.7 Å². The first kappa shape index (κ1) is 15.9. The SMILES string of the molecule is CC1(C)C/C(=C\c2cc(O)ccc2[N+](=O)[O-])C(=O)c2ccccc21. The standard InChI is InChI=1S/C19H17NO4/c1-19(2)11-13(18(22)15-5-3-4-6-16(15)19)9-12-10-14(21)7-8-17(12)20(23)24/h3-10,21H,11H2,1-2H3/b13-9+. The van der Waals surface area contributed by atoms with Gasteiger partial charge in [-0.15, -0.1) is 0 Å². The zero-order valence-corrected chi connectivity index (χ0v) is 13.4. The molecule has 0 aromatic heterocycles. The van der Waals surface area contributed by atoms with Crippen LogP contribution in [-0.4, -0.2) is 15.8 Å². The molecular formula is C19H17NO4. The highest BCUT2D eigenvalue weighted by atomic mass is 16.6. The van der Waals surface area contributed by atoms with E-state index in [4.69, 9.17) is 0 Å². The minimum absolute atomic E-state index is 0.0737. The lowest BCUT2D eigenvalue weighted by Crippen LogP contribution is -2.29. The van der Waals surface area contributed by atoms with Gasteiger partial charge in [-0.3, -0.25) is 14.9 Å². The van der Waals surface area contributed by atoms with Crippen molar-refractivity contribution in [3.8, 4) is 5.75 Å². The molecule has 0 saturated carbocycles. The van der Waals surface area contributed by atoms with E-state index in [0.29, 0.717) is 17.6 Å². The molecule has 0 atom stereocenters. The van der Waals surface area contributed by atoms with E-state index in [1.54, 1.807) is 6.07 Å². The Morgan fingerprint density at radius 3 is 2.62 bits per heavy atom. The highest BCUT2D eigenvalue weighted by Crippen LogP contribution is 2.40. The summed E-state index contributed by atoms with van der Waals surface area (Å²) < 4.78 is 0. The second kappa shape index (κ2) is 5.60. The molecule has 1 N–H and O–H groups in total. The second-order valence-corrected chi connectivity index (χ2v) is 6.61. The second-order valence-electron chi connectivity index (χ2n) is 6.61. The fraction of sp³-hybridized carbons (Fsp3) is 0.211. The summed E-state index contributed by atoms with van der Waals surface area (Å²) in [7, 11) is 0. The zero-order valence-electron chi connectivity index (χ0n) is 13.4. The number of phenols is 1. The minimum Gasteiger partial charge on any atom is -0.508 e. The van der Waals surface area contributed by atoms with Gasteiger partial charge in [-0.1, -0.05) is 38.1 Å². The maximum Gasteiger partial charge on any atom is 0.276 e. The van der Waals surface area contributed by atoms with Crippen molar-refractivity contribution in [2.75, 3.05) is 0 Å². The molecule has 24 heavy (non-hydrogen) atoms. The number of nitro groups is 1. The number of Topliss-reactive ketones (excluding diaryl/α,β-unsaturated/α-hetero) is 1. The van der Waals surface area contributed by atoms with Gasteiger partial charge in [0.25, 0.3) is 5.69 Å². The van der Waals surface area contributed by atoms with Crippen LogP contribution in [0.15, 0.2) is 48.0 Å². The number of carbonyl (C=O) groups is 1. The van der Waals surface area contributed by atoms with Crippen LogP contribution in [0.2, 0.25) is 0 Å². The number of rotatable bonds is 2. The summed E-state index contributed by atoms with van der Waals surface area (Å²) in [6, 6.07) is 11.3. The van der Waals surface area contributed by atoms with Crippen LogP contribution in [0.1, 0.15) is 41.8 Å². The van der Waals surface area contributed by atoms with E-state index in [9.17, 15) is 20.0 Å². The van der Waals surface area contributed by atoms with Crippen LogP contribution >= 0.6 is 0 Å². The monoisotopic (exact) mass is 323 g/mol. The Hall–Kier alpha value is -2.95. The van der Waals surface area contributed by atoms with Gasteiger partial charge < -0.3 is 5.11 Å². The summed E-state index contributed by atoms with van der Waals surface area (Å²) in [6.45, 7) is 4.09. The normalized spacial score (nSPS) is 17.6. The summed E-state index contributed by atoms with van der Waals surface area (Å²) in [5.41, 5.74) is 1.97. The Bertz CT molecular complexity index is 881. The number of hydrogen-bond donors (Lipinski definition) is 1. The highest BCUT2D eigenvalue weighted by molar-refractivity contribution is 6.14. The van der Waals surface area contributed by atoms with Crippen molar-refractivity contribution < 1.29 is 14.8 Å². The van der Waals surface area contributed by atoms with Crippen LogP contribution in [0, 0.1) is 10.1 Å². The lowest BCUT2D eigenvalue weighted by atomic mass is 9.70. The Labute approximate surface area is 139 Å². The van der Waals surface area contributed by atoms with Gasteiger partial charge in [0, 0.05) is 17.2 Å². The topological polar surface area (TPSA) is 80.4 Å². The van der Waals surface area contributed by atoms with Gasteiger partial charge in [0.2, 0.25) is 0 Å². The molecule has 3 rings (SSSR count). The third-order valence-corrected chi connectivity index (χ3v) is 4.36. The van der Waals surface area contributed by atoms with Crippen LogP contribution in [-0.2, 0) is 5.41 Å². The third-order valence-electron chi connectivity index (χ3n) is 4.36. The molecule has 0 saturated heterocycles. The molecule has 0 amide bonds. The fourth-order valence-corrected chi connectivity index (χ4v) is 3.22. The third kappa shape index (κ3) is 2.69. The lowest BCUT2D eigenvalue weighted by molar-refractivity contribution is -0.385. The summed E-state index contributed by atoms with van der Waals surface area (Å²) in [5.74, 6) is -0.196. The fourth-order valence-electron chi connectivity index (χ4n) is 3.22. The number of allylic oxidation sites excluding steroid dienone is 1. The average molecular weight is 323 g/mol. The first-order chi connectivity index (χ1) is 11.3. The summed E-state index contributed by atoms with van der Waals surface area (Å²) in [4.78, 5) is 23.5. The highest BCUT2D eigenvalue weighted by Gasteiger charge is 2.34. The maximum absolute atomic E-state index is 12.8. The van der Waals surface area contributed by atoms with Crippen LogP contribution < -0.4 is 0 Å². The van der Waals surface area contributed by atoms with Gasteiger partial charge in [-0.2, -0.15) is 0 Å². The van der Waals surface area contributed by atoms with Gasteiger partial charge in [0.15, 0.2) is 5.78 Å². The molecule has 0 heterocycles. The number of fused-ring (bicyclic) bond motifs is 1. The maximum atomic E-state index is 12.8. The van der Waals surface area contributed by atoms with Crippen LogP contribution in [0.4, 0.5) is 5.69 Å². The van der Waals surface area contributed by atoms with Gasteiger partial charge in [-0.25, -0.2) is 0 Å². The van der Waals surface area contributed by atoms with Gasteiger partial charge in [-0.05, 0) is 35.6 Å². The first-order valence-corrected chi connectivity index (χ1v) is 7.62. The van der Waals surface area contributed by atoms with E-state index in [-0.39, 0.29) is 28.2 Å². The molecule has 0 fully saturated rings. The quantitative estimate of drug-likeness (QED) is 0.509. The van der Waals surface area contributed by atoms with Gasteiger partial charge in [0.05, 0.1) is 10.5 Å². The Morgan fingerprint density at radius 2 is 1.92 bits per heavy atom. The van der Waals surface area contributed by atoms with Crippen LogP contribution in [0.5, 0.6) is 5.75 Å². The molecule has 1 aliphatic rings. The van der Waals surface area contributed by atoms with Crippen molar-refractivity contribution in [1.29, 1.82) is 0 Å². The molecule has 0 bridgehead atoms. The molecule has 2 aromatic rings. The van der Waals surface area contributed by atoms with E-state index in [0.717, 1.165) is 5.56 Å². The predicted molar refractivity (Wildman–Crippen MR) is 91.2 cm³/mol. The summed E-state index contributed by atoms with van der Waals surface area (Å²) in [5, 5.41) is 20.8. The van der Waals surface area contributed by atoms with Gasteiger partial charge in [0.1, 0.15) is 5.75 Å². The largest absolute Gasteiger partial charge is 0.508 e. The molecule has 0 aliphatic heterocycles. The molecule has 1 aliphatic carbocycles. The molecule has 0 radical (unpaired) electrons. The molecule has 0 spiro atoms. The van der Waals surface area contributed by atoms with Crippen LogP contribution in [0.25, 0.3) is 6.08 Å². The van der Waals surface area contributed by atoms with Crippen LogP contribution in [0.3, 0.4) is 0 Å². The van der Waals surface area contributed by atoms with E-state index in [2.05, 4.69) is 0 Å². The number of nitro benzene ring substituents is 1. The Kier molecular flexibility index (Phi) is 3.72. The minimum atomic E-state index is -0.516. The first-order valence-electron chi connectivity index (χ1n) is 7.62. The molecule has 5 nitrogen and oxygen atoms in total. The molecule has 122 valence electrons. The van der Waals surface area contributed by atoms with E-state index in [1.807, 2.05) is 32.0 Å². The van der Waals surface area contributed by atoms with E-state index < -0.39 is 4.92 Å². The number of carbonyl (C=O) groups excluding carboxylic acids is 1. The van der Waals surface area contributed by atoms with Crippen molar-refractivity contribution in [1.82, 2.24) is 0 Å². The number of nitrogens with zero attached hydrogens (tertiary/aromatic N) is 1. The number of aromatic hydroxyl groups is 1. The van der Waals surface area contributed by atoms with Gasteiger partial charge >= 0.3 is 0 Å². The van der Waals surface area contributed by atoms with E-state index in [1.165, 1.54) is 24.3 Å². The number of phenolic OH excluding ortho intramolecular Hbond substituents is 1. The molecular weight excluding hydrogens is 306 g/mol. The predicted octanol–water partition coefficient (Wildman–Crippen LogP) is 4.25. The zero-order chi connectivity index (χ0) is 17.5. The summed E-state index contributed by atoms with van der Waals surface area (Å²) >= 11 is 0. The Balaban J connectivity index is 2.15. The summed E-state index contributed by atoms with van der Waals surface area (Å²) in [6.07, 6.45) is 2.01. The van der Waals surface area contributed by atoms with Crippen molar-refractivity contribution in [2.24, 2.45) is 0 Å². The number of ketones is 1. The number of hydrogen-bond acceptors (Lipinski definition) is 4. The average Bonchev–Trinajstić information content (AvgIpc) is 2.52. The Morgan fingerprint density at radius 1 is 1.21 bits per heavy atom. The number of benzene rings is 2. The van der Waals surface area contributed by atoms with Crippen molar-refractivity contribution in [3.05, 3.63) is 74.8 Å². The molecule has 5 heteroatoms. The molecule has 0 unspecified atom stereocenters. The van der Waals surface area contributed by atoms with E-state index >= 15 is 0 Å². The molecule has 2 aromatic carbocycles. The smallest absolute Gasteiger partial charge is 0.276 e.